The lowest BCUT2D eigenvalue weighted by Gasteiger charge is -2.26. The Morgan fingerprint density at radius 1 is 1.17 bits per heavy atom. The topological polar surface area (TPSA) is 62.8 Å². The minimum absolute atomic E-state index is 0.150. The number of hydrogen-bond acceptors (Lipinski definition) is 4. The quantitative estimate of drug-likeness (QED) is 0.744. The molecule has 1 fully saturated rings. The predicted molar refractivity (Wildman–Crippen MR) is 90.1 cm³/mol. The monoisotopic (exact) mass is 321 g/mol. The van der Waals surface area contributed by atoms with E-state index in [-0.39, 0.29) is 6.03 Å². The van der Waals surface area contributed by atoms with E-state index in [0.717, 1.165) is 49.7 Å². The van der Waals surface area contributed by atoms with Crippen molar-refractivity contribution in [2.45, 2.75) is 13.8 Å². The van der Waals surface area contributed by atoms with Gasteiger partial charge in [-0.25, -0.2) is 4.79 Å². The van der Waals surface area contributed by atoms with Crippen LogP contribution in [0.5, 0.6) is 5.75 Å². The predicted octanol–water partition coefficient (Wildman–Crippen LogP) is 1.31. The van der Waals surface area contributed by atoms with E-state index in [2.05, 4.69) is 15.5 Å². The van der Waals surface area contributed by atoms with Crippen molar-refractivity contribution in [1.29, 1.82) is 0 Å². The summed E-state index contributed by atoms with van der Waals surface area (Å²) in [5, 5.41) is 5.67. The first kappa shape index (κ1) is 17.6. The molecule has 1 aliphatic heterocycles. The maximum Gasteiger partial charge on any atom is 0.314 e. The second kappa shape index (κ2) is 9.37. The largest absolute Gasteiger partial charge is 0.491 e. The number of para-hydroxylation sites is 1. The van der Waals surface area contributed by atoms with Gasteiger partial charge >= 0.3 is 6.03 Å². The van der Waals surface area contributed by atoms with E-state index >= 15 is 0 Å². The number of carbonyl (C=O) groups excluding carboxylic acids is 1. The highest BCUT2D eigenvalue weighted by molar-refractivity contribution is 5.73. The summed E-state index contributed by atoms with van der Waals surface area (Å²) in [6.07, 6.45) is 0. The standard InChI is InChI=1S/C17H27N3O3/c1-14-4-3-5-15(2)16(14)23-11-7-19-17(21)18-6-8-20-9-12-22-13-10-20/h3-5H,6-13H2,1-2H3,(H2,18,19,21). The third-order valence-electron chi connectivity index (χ3n) is 3.86. The second-order valence-corrected chi connectivity index (χ2v) is 5.71. The van der Waals surface area contributed by atoms with E-state index in [9.17, 15) is 4.79 Å². The van der Waals surface area contributed by atoms with Crippen LogP contribution in [-0.2, 0) is 4.74 Å². The van der Waals surface area contributed by atoms with Crippen LogP contribution >= 0.6 is 0 Å². The van der Waals surface area contributed by atoms with Gasteiger partial charge in [0.2, 0.25) is 0 Å². The Morgan fingerprint density at radius 3 is 2.52 bits per heavy atom. The Morgan fingerprint density at radius 2 is 1.83 bits per heavy atom. The minimum atomic E-state index is -0.150. The zero-order chi connectivity index (χ0) is 16.5. The van der Waals surface area contributed by atoms with E-state index in [1.54, 1.807) is 0 Å². The molecule has 0 atom stereocenters. The average Bonchev–Trinajstić information content (AvgIpc) is 2.55. The molecule has 0 radical (unpaired) electrons. The molecule has 1 aliphatic rings. The zero-order valence-electron chi connectivity index (χ0n) is 14.1. The van der Waals surface area contributed by atoms with Crippen molar-refractivity contribution in [1.82, 2.24) is 15.5 Å². The fourth-order valence-corrected chi connectivity index (χ4v) is 2.56. The van der Waals surface area contributed by atoms with Crippen LogP contribution in [0.4, 0.5) is 4.79 Å². The molecule has 23 heavy (non-hydrogen) atoms. The number of benzene rings is 1. The Bertz CT molecular complexity index is 482. The molecule has 2 N–H and O–H groups in total. The van der Waals surface area contributed by atoms with Crippen LogP contribution in [0.3, 0.4) is 0 Å². The molecule has 6 nitrogen and oxygen atoms in total. The van der Waals surface area contributed by atoms with Crippen molar-refractivity contribution in [3.63, 3.8) is 0 Å². The van der Waals surface area contributed by atoms with Gasteiger partial charge in [-0.1, -0.05) is 18.2 Å². The molecular weight excluding hydrogens is 294 g/mol. The molecule has 1 aromatic rings. The summed E-state index contributed by atoms with van der Waals surface area (Å²) in [5.74, 6) is 0.905. The van der Waals surface area contributed by atoms with Gasteiger partial charge in [0, 0.05) is 26.2 Å². The minimum Gasteiger partial charge on any atom is -0.491 e. The molecule has 0 unspecified atom stereocenters. The zero-order valence-corrected chi connectivity index (χ0v) is 14.1. The van der Waals surface area contributed by atoms with Gasteiger partial charge in [-0.05, 0) is 25.0 Å². The van der Waals surface area contributed by atoms with Crippen LogP contribution < -0.4 is 15.4 Å². The van der Waals surface area contributed by atoms with E-state index in [1.807, 2.05) is 32.0 Å². The van der Waals surface area contributed by atoms with Gasteiger partial charge in [0.15, 0.2) is 0 Å². The summed E-state index contributed by atoms with van der Waals surface area (Å²) in [4.78, 5) is 14.0. The van der Waals surface area contributed by atoms with Crippen molar-refractivity contribution >= 4 is 6.03 Å². The number of amides is 2. The van der Waals surface area contributed by atoms with Gasteiger partial charge in [-0.15, -0.1) is 0 Å². The summed E-state index contributed by atoms with van der Waals surface area (Å²) in [6.45, 7) is 9.92. The van der Waals surface area contributed by atoms with Gasteiger partial charge in [-0.3, -0.25) is 4.90 Å². The van der Waals surface area contributed by atoms with Crippen molar-refractivity contribution in [3.05, 3.63) is 29.3 Å². The molecular formula is C17H27N3O3. The molecule has 2 amide bonds. The summed E-state index contributed by atoms with van der Waals surface area (Å²) in [5.41, 5.74) is 2.22. The number of carbonyl (C=O) groups is 1. The van der Waals surface area contributed by atoms with Gasteiger partial charge < -0.3 is 20.1 Å². The van der Waals surface area contributed by atoms with E-state index < -0.39 is 0 Å². The second-order valence-electron chi connectivity index (χ2n) is 5.71. The van der Waals surface area contributed by atoms with E-state index in [0.29, 0.717) is 19.7 Å². The van der Waals surface area contributed by atoms with Crippen LogP contribution in [0.2, 0.25) is 0 Å². The molecule has 0 saturated carbocycles. The van der Waals surface area contributed by atoms with Crippen molar-refractivity contribution in [2.75, 3.05) is 52.5 Å². The molecule has 1 saturated heterocycles. The Kier molecular flexibility index (Phi) is 7.16. The van der Waals surface area contributed by atoms with Crippen molar-refractivity contribution < 1.29 is 14.3 Å². The maximum atomic E-state index is 11.7. The van der Waals surface area contributed by atoms with Crippen molar-refractivity contribution in [3.8, 4) is 5.75 Å². The van der Waals surface area contributed by atoms with E-state index in [1.165, 1.54) is 0 Å². The van der Waals surface area contributed by atoms with Crippen LogP contribution in [-0.4, -0.2) is 63.5 Å². The Labute approximate surface area is 138 Å². The molecule has 0 spiro atoms. The number of morpholine rings is 1. The van der Waals surface area contributed by atoms with Gasteiger partial charge in [0.05, 0.1) is 19.8 Å². The van der Waals surface area contributed by atoms with Crippen LogP contribution in [0.1, 0.15) is 11.1 Å². The first-order chi connectivity index (χ1) is 11.2. The third-order valence-corrected chi connectivity index (χ3v) is 3.86. The summed E-state index contributed by atoms with van der Waals surface area (Å²) >= 11 is 0. The van der Waals surface area contributed by atoms with Crippen LogP contribution in [0, 0.1) is 13.8 Å². The molecule has 128 valence electrons. The van der Waals surface area contributed by atoms with E-state index in [4.69, 9.17) is 9.47 Å². The van der Waals surface area contributed by atoms with Crippen LogP contribution in [0.15, 0.2) is 18.2 Å². The normalized spacial score (nSPS) is 15.2. The van der Waals surface area contributed by atoms with Gasteiger partial charge in [0.1, 0.15) is 12.4 Å². The smallest absolute Gasteiger partial charge is 0.314 e. The molecule has 1 aromatic carbocycles. The molecule has 6 heteroatoms. The van der Waals surface area contributed by atoms with Gasteiger partial charge in [-0.2, -0.15) is 0 Å². The highest BCUT2D eigenvalue weighted by Crippen LogP contribution is 2.21. The van der Waals surface area contributed by atoms with Gasteiger partial charge in [0.25, 0.3) is 0 Å². The lowest BCUT2D eigenvalue weighted by Crippen LogP contribution is -2.44. The molecule has 1 heterocycles. The number of ether oxygens (including phenoxy) is 2. The fourth-order valence-electron chi connectivity index (χ4n) is 2.56. The highest BCUT2D eigenvalue weighted by atomic mass is 16.5. The third kappa shape index (κ3) is 6.08. The summed E-state index contributed by atoms with van der Waals surface area (Å²) in [7, 11) is 0. The van der Waals surface area contributed by atoms with Crippen LogP contribution in [0.25, 0.3) is 0 Å². The lowest BCUT2D eigenvalue weighted by atomic mass is 10.1. The molecule has 0 aromatic heterocycles. The SMILES string of the molecule is Cc1cccc(C)c1OCCNC(=O)NCCN1CCOCC1. The Hall–Kier alpha value is -1.79. The maximum absolute atomic E-state index is 11.7. The summed E-state index contributed by atoms with van der Waals surface area (Å²) in [6, 6.07) is 5.91. The molecule has 2 rings (SSSR count). The summed E-state index contributed by atoms with van der Waals surface area (Å²) < 4.78 is 11.0. The highest BCUT2D eigenvalue weighted by Gasteiger charge is 2.10. The number of rotatable bonds is 7. The first-order valence-electron chi connectivity index (χ1n) is 8.17. The molecule has 0 aliphatic carbocycles. The number of urea groups is 1. The number of aryl methyl sites for hydroxylation is 2. The number of hydrogen-bond donors (Lipinski definition) is 2. The fraction of sp³-hybridized carbons (Fsp3) is 0.588. The Balaban J connectivity index is 1.56. The average molecular weight is 321 g/mol. The van der Waals surface area contributed by atoms with Crippen molar-refractivity contribution in [2.24, 2.45) is 0 Å². The number of nitrogens with one attached hydrogen (secondary N) is 2. The molecule has 0 bridgehead atoms. The number of nitrogens with zero attached hydrogens (tertiary/aromatic N) is 1. The first-order valence-corrected chi connectivity index (χ1v) is 8.17. The lowest BCUT2D eigenvalue weighted by molar-refractivity contribution is 0.0387.